The Morgan fingerprint density at radius 2 is 1.80 bits per heavy atom. The topological polar surface area (TPSA) is 85.4 Å². The fraction of sp³-hybridized carbons (Fsp3) is 0.389. The summed E-state index contributed by atoms with van der Waals surface area (Å²) in [5.74, 6) is 2.42. The highest BCUT2D eigenvalue weighted by Crippen LogP contribution is 2.28. The minimum atomic E-state index is -0.105. The van der Waals surface area contributed by atoms with Crippen LogP contribution in [0.1, 0.15) is 24.8 Å². The van der Waals surface area contributed by atoms with Crippen molar-refractivity contribution in [2.24, 2.45) is 0 Å². The van der Waals surface area contributed by atoms with Gasteiger partial charge in [-0.15, -0.1) is 10.2 Å². The zero-order valence-electron chi connectivity index (χ0n) is 14.4. The number of carbonyl (C=O) groups is 1. The van der Waals surface area contributed by atoms with Crippen LogP contribution in [0.3, 0.4) is 0 Å². The number of rotatable bonds is 8. The average molecular weight is 342 g/mol. The summed E-state index contributed by atoms with van der Waals surface area (Å²) in [5, 5.41) is 14.1. The Kier molecular flexibility index (Phi) is 5.33. The van der Waals surface area contributed by atoms with Crippen molar-refractivity contribution in [1.29, 1.82) is 0 Å². The van der Waals surface area contributed by atoms with Crippen LogP contribution >= 0.6 is 0 Å². The molecule has 25 heavy (non-hydrogen) atoms. The first kappa shape index (κ1) is 17.0. The van der Waals surface area contributed by atoms with E-state index >= 15 is 0 Å². The molecule has 1 heterocycles. The molecule has 1 saturated carbocycles. The van der Waals surface area contributed by atoms with E-state index in [9.17, 15) is 4.79 Å². The van der Waals surface area contributed by atoms with E-state index in [-0.39, 0.29) is 5.91 Å². The molecule has 132 valence electrons. The fourth-order valence-electron chi connectivity index (χ4n) is 2.41. The number of methoxy groups -OCH3 is 2. The van der Waals surface area contributed by atoms with E-state index in [2.05, 4.69) is 20.8 Å². The number of hydrogen-bond acceptors (Lipinski definition) is 6. The molecule has 0 spiro atoms. The number of nitrogens with one attached hydrogen (secondary N) is 2. The smallest absolute Gasteiger partial charge is 0.225 e. The Balaban J connectivity index is 1.50. The van der Waals surface area contributed by atoms with E-state index in [1.807, 2.05) is 24.3 Å². The van der Waals surface area contributed by atoms with Crippen molar-refractivity contribution < 1.29 is 14.3 Å². The van der Waals surface area contributed by atoms with Crippen molar-refractivity contribution in [1.82, 2.24) is 10.2 Å². The molecule has 3 rings (SSSR count). The molecule has 1 aromatic heterocycles. The van der Waals surface area contributed by atoms with E-state index in [4.69, 9.17) is 9.47 Å². The number of aryl methyl sites for hydroxylation is 1. The number of benzene rings is 1. The van der Waals surface area contributed by atoms with Crippen LogP contribution < -0.4 is 20.1 Å². The van der Waals surface area contributed by atoms with Crippen molar-refractivity contribution in [2.75, 3.05) is 24.9 Å². The highest BCUT2D eigenvalue weighted by atomic mass is 16.5. The Hall–Kier alpha value is -2.83. The summed E-state index contributed by atoms with van der Waals surface area (Å²) in [6.07, 6.45) is 3.30. The first-order valence-corrected chi connectivity index (χ1v) is 8.29. The number of nitrogens with zero attached hydrogens (tertiary/aromatic N) is 2. The maximum atomic E-state index is 12.1. The number of amides is 1. The van der Waals surface area contributed by atoms with E-state index in [0.29, 0.717) is 36.2 Å². The van der Waals surface area contributed by atoms with Gasteiger partial charge in [0.15, 0.2) is 17.3 Å². The lowest BCUT2D eigenvalue weighted by Gasteiger charge is -2.09. The van der Waals surface area contributed by atoms with Crippen LogP contribution in [0.15, 0.2) is 30.3 Å². The molecule has 7 nitrogen and oxygen atoms in total. The number of hydrogen-bond donors (Lipinski definition) is 2. The van der Waals surface area contributed by atoms with Gasteiger partial charge >= 0.3 is 0 Å². The molecular formula is C18H22N4O3. The van der Waals surface area contributed by atoms with Crippen molar-refractivity contribution in [3.05, 3.63) is 35.9 Å². The zero-order chi connectivity index (χ0) is 17.6. The predicted molar refractivity (Wildman–Crippen MR) is 95.2 cm³/mol. The lowest BCUT2D eigenvalue weighted by Crippen LogP contribution is -2.14. The van der Waals surface area contributed by atoms with Crippen molar-refractivity contribution in [3.63, 3.8) is 0 Å². The average Bonchev–Trinajstić information content (AvgIpc) is 3.45. The largest absolute Gasteiger partial charge is 0.493 e. The minimum absolute atomic E-state index is 0.105. The summed E-state index contributed by atoms with van der Waals surface area (Å²) in [4.78, 5) is 12.1. The van der Waals surface area contributed by atoms with Crippen molar-refractivity contribution in [3.8, 4) is 11.5 Å². The quantitative estimate of drug-likeness (QED) is 0.767. The molecule has 0 radical (unpaired) electrons. The van der Waals surface area contributed by atoms with Crippen LogP contribution in [0.4, 0.5) is 11.6 Å². The number of anilines is 2. The second kappa shape index (κ2) is 7.83. The Morgan fingerprint density at radius 1 is 1.08 bits per heavy atom. The SMILES string of the molecule is COc1ccc(CCC(=O)Nc2ccc(NC3CC3)nn2)cc1OC. The summed E-state index contributed by atoms with van der Waals surface area (Å²) in [5.41, 5.74) is 1.00. The molecule has 0 unspecified atom stereocenters. The Labute approximate surface area is 146 Å². The third-order valence-electron chi connectivity index (χ3n) is 3.95. The molecule has 7 heteroatoms. The lowest BCUT2D eigenvalue weighted by atomic mass is 10.1. The molecule has 1 aliphatic rings. The van der Waals surface area contributed by atoms with Crippen LogP contribution in [0.5, 0.6) is 11.5 Å². The molecule has 0 atom stereocenters. The molecule has 1 amide bonds. The van der Waals surface area contributed by atoms with Crippen LogP contribution in [0.25, 0.3) is 0 Å². The Morgan fingerprint density at radius 3 is 2.44 bits per heavy atom. The van der Waals surface area contributed by atoms with E-state index in [1.54, 1.807) is 20.3 Å². The maximum absolute atomic E-state index is 12.1. The molecule has 1 aromatic carbocycles. The third-order valence-corrected chi connectivity index (χ3v) is 3.95. The van der Waals surface area contributed by atoms with Gasteiger partial charge in [0.1, 0.15) is 5.82 Å². The first-order chi connectivity index (χ1) is 12.2. The number of ether oxygens (including phenoxy) is 2. The normalized spacial score (nSPS) is 13.2. The molecule has 2 N–H and O–H groups in total. The summed E-state index contributed by atoms with van der Waals surface area (Å²) in [7, 11) is 3.19. The summed E-state index contributed by atoms with van der Waals surface area (Å²) >= 11 is 0. The monoisotopic (exact) mass is 342 g/mol. The summed E-state index contributed by atoms with van der Waals surface area (Å²) < 4.78 is 10.5. The van der Waals surface area contributed by atoms with E-state index in [0.717, 1.165) is 11.4 Å². The van der Waals surface area contributed by atoms with Crippen LogP contribution in [0, 0.1) is 0 Å². The second-order valence-electron chi connectivity index (χ2n) is 5.96. The van der Waals surface area contributed by atoms with Crippen molar-refractivity contribution in [2.45, 2.75) is 31.7 Å². The highest BCUT2D eigenvalue weighted by Gasteiger charge is 2.21. The summed E-state index contributed by atoms with van der Waals surface area (Å²) in [6.45, 7) is 0. The fourth-order valence-corrected chi connectivity index (χ4v) is 2.41. The molecular weight excluding hydrogens is 320 g/mol. The zero-order valence-corrected chi connectivity index (χ0v) is 14.4. The van der Waals surface area contributed by atoms with Crippen LogP contribution in [0.2, 0.25) is 0 Å². The van der Waals surface area contributed by atoms with Crippen LogP contribution in [-0.4, -0.2) is 36.4 Å². The van der Waals surface area contributed by atoms with Gasteiger partial charge in [0, 0.05) is 12.5 Å². The molecule has 1 aliphatic carbocycles. The van der Waals surface area contributed by atoms with Gasteiger partial charge in [-0.2, -0.15) is 0 Å². The molecule has 0 aliphatic heterocycles. The minimum Gasteiger partial charge on any atom is -0.493 e. The van der Waals surface area contributed by atoms with Gasteiger partial charge in [0.2, 0.25) is 5.91 Å². The standard InChI is InChI=1S/C18H22N4O3/c1-24-14-7-3-12(11-15(14)25-2)4-10-18(23)20-17-9-8-16(21-22-17)19-13-5-6-13/h3,7-9,11,13H,4-6,10H2,1-2H3,(H,19,21)(H,20,22,23). The van der Waals surface area contributed by atoms with E-state index < -0.39 is 0 Å². The van der Waals surface area contributed by atoms with Crippen LogP contribution in [-0.2, 0) is 11.2 Å². The van der Waals surface area contributed by atoms with Crippen molar-refractivity contribution >= 4 is 17.5 Å². The van der Waals surface area contributed by atoms with Gasteiger partial charge in [-0.05, 0) is 49.1 Å². The highest BCUT2D eigenvalue weighted by molar-refractivity contribution is 5.89. The second-order valence-corrected chi connectivity index (χ2v) is 5.96. The molecule has 0 bridgehead atoms. The van der Waals surface area contributed by atoms with E-state index in [1.165, 1.54) is 12.8 Å². The maximum Gasteiger partial charge on any atom is 0.225 e. The van der Waals surface area contributed by atoms with Gasteiger partial charge in [-0.25, -0.2) is 0 Å². The van der Waals surface area contributed by atoms with Gasteiger partial charge in [-0.1, -0.05) is 6.07 Å². The number of carbonyl (C=O) groups excluding carboxylic acids is 1. The molecule has 1 fully saturated rings. The Bertz CT molecular complexity index is 730. The molecule has 0 saturated heterocycles. The van der Waals surface area contributed by atoms with Gasteiger partial charge < -0.3 is 20.1 Å². The van der Waals surface area contributed by atoms with Gasteiger partial charge in [-0.3, -0.25) is 4.79 Å². The van der Waals surface area contributed by atoms with Gasteiger partial charge in [0.25, 0.3) is 0 Å². The third kappa shape index (κ3) is 4.82. The van der Waals surface area contributed by atoms with Gasteiger partial charge in [0.05, 0.1) is 14.2 Å². The first-order valence-electron chi connectivity index (χ1n) is 8.29. The number of aromatic nitrogens is 2. The summed E-state index contributed by atoms with van der Waals surface area (Å²) in [6, 6.07) is 9.75. The lowest BCUT2D eigenvalue weighted by molar-refractivity contribution is -0.116. The predicted octanol–water partition coefficient (Wildman–Crippen LogP) is 2.64. The molecule has 2 aromatic rings.